The summed E-state index contributed by atoms with van der Waals surface area (Å²) in [6.07, 6.45) is 5.27. The highest BCUT2D eigenvalue weighted by molar-refractivity contribution is 7.89. The highest BCUT2D eigenvalue weighted by Gasteiger charge is 2.25. The standard InChI is InChI=1S/C34H42FN7O3S/c1-22(2)34(43)33-32(29-19-26(35)8-11-31(29)40-33)30(36)21-42(37)20-24-12-16-41(17-13-24)18-15-39-46(44,45)27-9-6-25(7-10-27)28-5-4-14-38-23(28)3/h4-11,14,19,21-22,24,39-40H,12-13,15-18,20,36-37H2,1-3H3/p+1/b30-21-. The number of likely N-dealkylation sites (tertiary alicyclic amines) is 1. The van der Waals surface area contributed by atoms with Crippen LogP contribution in [0.3, 0.4) is 0 Å². The second-order valence-electron chi connectivity index (χ2n) is 12.3. The average molecular weight is 649 g/mol. The molecule has 3 heterocycles. The number of nitrogens with one attached hydrogen (secondary N) is 2. The lowest BCUT2D eigenvalue weighted by Gasteiger charge is -2.33. The van der Waals surface area contributed by atoms with E-state index in [1.165, 1.54) is 12.1 Å². The number of fused-ring (bicyclic) bond motifs is 1. The lowest BCUT2D eigenvalue weighted by molar-refractivity contribution is -0.245. The largest absolute Gasteiger partial charge is 0.351 e. The van der Waals surface area contributed by atoms with E-state index in [2.05, 4.69) is 25.3 Å². The van der Waals surface area contributed by atoms with Gasteiger partial charge in [0.2, 0.25) is 10.0 Å². The maximum absolute atomic E-state index is 14.1. The molecular formula is C34H43FN7O3S+. The monoisotopic (exact) mass is 648 g/mol. The molecule has 0 amide bonds. The minimum absolute atomic E-state index is 0.0757. The Labute approximate surface area is 269 Å². The molecule has 12 heteroatoms. The first-order valence-electron chi connectivity index (χ1n) is 15.6. The van der Waals surface area contributed by atoms with Crippen LogP contribution in [0, 0.1) is 24.6 Å². The second-order valence-corrected chi connectivity index (χ2v) is 14.0. The molecule has 0 spiro atoms. The van der Waals surface area contributed by atoms with Gasteiger partial charge in [0.1, 0.15) is 5.82 Å². The smallest absolute Gasteiger partial charge is 0.240 e. The number of H-pyrrole nitrogens is 1. The van der Waals surface area contributed by atoms with Crippen LogP contribution < -0.4 is 16.3 Å². The SMILES string of the molecule is Cc1ncccc1-c1ccc(S(=O)(=O)NCCN2CCC(CN(N)/C=C(\[NH3+])c3c(C(=O)C(C)C)[nH]c4ccc(F)cc34)CC2)cc1. The number of ketones is 1. The molecule has 7 N–H and O–H groups in total. The fourth-order valence-corrected chi connectivity index (χ4v) is 7.02. The fourth-order valence-electron chi connectivity index (χ4n) is 6.00. The summed E-state index contributed by atoms with van der Waals surface area (Å²) in [5.41, 5.74) is 9.15. The van der Waals surface area contributed by atoms with Crippen LogP contribution in [0.25, 0.3) is 27.7 Å². The van der Waals surface area contributed by atoms with Crippen molar-refractivity contribution in [1.29, 1.82) is 0 Å². The van der Waals surface area contributed by atoms with Crippen LogP contribution in [0.5, 0.6) is 0 Å². The molecule has 0 radical (unpaired) electrons. The van der Waals surface area contributed by atoms with E-state index in [-0.39, 0.29) is 16.6 Å². The first-order chi connectivity index (χ1) is 21.9. The molecule has 1 saturated heterocycles. The van der Waals surface area contributed by atoms with E-state index in [1.807, 2.05) is 32.9 Å². The van der Waals surface area contributed by atoms with Crippen molar-refractivity contribution in [2.75, 3.05) is 32.7 Å². The Balaban J connectivity index is 1.12. The lowest BCUT2D eigenvalue weighted by atomic mass is 9.96. The maximum atomic E-state index is 14.1. The molecule has 0 aliphatic carbocycles. The van der Waals surface area contributed by atoms with E-state index >= 15 is 0 Å². The Bertz CT molecular complexity index is 1830. The molecule has 2 aromatic heterocycles. The topological polar surface area (TPSA) is 152 Å². The molecule has 1 aliphatic heterocycles. The Kier molecular flexibility index (Phi) is 10.3. The van der Waals surface area contributed by atoms with Gasteiger partial charge in [0, 0.05) is 53.9 Å². The Hall–Kier alpha value is -3.94. The average Bonchev–Trinajstić information content (AvgIpc) is 3.40. The Morgan fingerprint density at radius 1 is 1.20 bits per heavy atom. The zero-order valence-electron chi connectivity index (χ0n) is 26.6. The summed E-state index contributed by atoms with van der Waals surface area (Å²) in [4.78, 5) is 22.9. The number of aromatic amines is 1. The van der Waals surface area contributed by atoms with E-state index in [9.17, 15) is 17.6 Å². The Morgan fingerprint density at radius 3 is 2.59 bits per heavy atom. The molecule has 4 aromatic rings. The quantitative estimate of drug-likeness (QED) is 0.103. The van der Waals surface area contributed by atoms with Crippen LogP contribution in [0.15, 0.2) is 71.9 Å². The van der Waals surface area contributed by atoms with Gasteiger partial charge < -0.3 is 20.6 Å². The molecule has 0 unspecified atom stereocenters. The number of piperidine rings is 1. The number of quaternary nitrogens is 1. The van der Waals surface area contributed by atoms with E-state index in [0.29, 0.717) is 53.4 Å². The van der Waals surface area contributed by atoms with E-state index in [4.69, 9.17) is 5.84 Å². The summed E-state index contributed by atoms with van der Waals surface area (Å²) >= 11 is 0. The number of carbonyl (C=O) groups excluding carboxylic acids is 1. The maximum Gasteiger partial charge on any atom is 0.240 e. The van der Waals surface area contributed by atoms with Gasteiger partial charge >= 0.3 is 0 Å². The van der Waals surface area contributed by atoms with E-state index in [0.717, 1.165) is 42.8 Å². The highest BCUT2D eigenvalue weighted by atomic mass is 32.2. The lowest BCUT2D eigenvalue weighted by Crippen LogP contribution is -2.48. The predicted octanol–water partition coefficient (Wildman–Crippen LogP) is 3.92. The van der Waals surface area contributed by atoms with Gasteiger partial charge in [-0.25, -0.2) is 23.4 Å². The fraction of sp³-hybridized carbons (Fsp3) is 0.353. The zero-order valence-corrected chi connectivity index (χ0v) is 27.4. The number of hydrogen-bond donors (Lipinski definition) is 4. The summed E-state index contributed by atoms with van der Waals surface area (Å²) in [5, 5.41) is 2.19. The molecule has 244 valence electrons. The van der Waals surface area contributed by atoms with Crippen molar-refractivity contribution in [2.45, 2.75) is 38.5 Å². The van der Waals surface area contributed by atoms with Gasteiger partial charge in [-0.3, -0.25) is 9.78 Å². The summed E-state index contributed by atoms with van der Waals surface area (Å²) in [5.74, 6) is 6.02. The number of rotatable bonds is 12. The first kappa shape index (κ1) is 33.4. The molecule has 1 fully saturated rings. The normalized spacial score (nSPS) is 15.2. The molecule has 0 atom stereocenters. The van der Waals surface area contributed by atoms with Crippen molar-refractivity contribution in [3.63, 3.8) is 0 Å². The summed E-state index contributed by atoms with van der Waals surface area (Å²) in [6.45, 7) is 8.75. The van der Waals surface area contributed by atoms with Crippen molar-refractivity contribution >= 4 is 32.4 Å². The number of nitrogens with zero attached hydrogens (tertiary/aromatic N) is 3. The second kappa shape index (κ2) is 14.2. The van der Waals surface area contributed by atoms with Crippen LogP contribution in [-0.2, 0) is 10.0 Å². The van der Waals surface area contributed by atoms with Crippen molar-refractivity contribution in [3.05, 3.63) is 89.8 Å². The van der Waals surface area contributed by atoms with Crippen LogP contribution >= 0.6 is 0 Å². The van der Waals surface area contributed by atoms with Gasteiger partial charge in [-0.15, -0.1) is 0 Å². The molecule has 0 bridgehead atoms. The van der Waals surface area contributed by atoms with Gasteiger partial charge in [0.05, 0.1) is 22.4 Å². The number of hydrazine groups is 1. The van der Waals surface area contributed by atoms with Crippen molar-refractivity contribution in [1.82, 2.24) is 24.6 Å². The number of hydrogen-bond acceptors (Lipinski definition) is 7. The number of halogens is 1. The number of pyridine rings is 1. The van der Waals surface area contributed by atoms with Crippen LogP contribution in [0.2, 0.25) is 0 Å². The van der Waals surface area contributed by atoms with Crippen molar-refractivity contribution in [2.24, 2.45) is 17.7 Å². The van der Waals surface area contributed by atoms with E-state index in [1.54, 1.807) is 47.7 Å². The number of benzene rings is 2. The van der Waals surface area contributed by atoms with Crippen molar-refractivity contribution in [3.8, 4) is 11.1 Å². The number of nitrogens with two attached hydrogens (primary N) is 1. The van der Waals surface area contributed by atoms with Gasteiger partial charge in [0.15, 0.2) is 11.5 Å². The number of carbonyl (C=O) groups is 1. The molecule has 2 aromatic carbocycles. The number of aromatic nitrogens is 2. The molecule has 10 nitrogen and oxygen atoms in total. The highest BCUT2D eigenvalue weighted by Crippen LogP contribution is 2.29. The van der Waals surface area contributed by atoms with Crippen LogP contribution in [0.1, 0.15) is 48.4 Å². The van der Waals surface area contributed by atoms with Gasteiger partial charge in [-0.2, -0.15) is 0 Å². The van der Waals surface area contributed by atoms with Crippen molar-refractivity contribution < 1.29 is 23.3 Å². The van der Waals surface area contributed by atoms with Crippen LogP contribution in [-0.4, -0.2) is 66.8 Å². The van der Waals surface area contributed by atoms with Gasteiger partial charge in [-0.05, 0) is 80.7 Å². The summed E-state index contributed by atoms with van der Waals surface area (Å²) in [7, 11) is -3.63. The zero-order chi connectivity index (χ0) is 33.0. The molecule has 1 aliphatic rings. The molecule has 46 heavy (non-hydrogen) atoms. The number of Topliss-reactive ketones (excluding diaryl/α,β-unsaturated/α-hetero) is 1. The van der Waals surface area contributed by atoms with E-state index < -0.39 is 15.8 Å². The summed E-state index contributed by atoms with van der Waals surface area (Å²) in [6, 6.07) is 15.1. The first-order valence-corrected chi connectivity index (χ1v) is 17.1. The summed E-state index contributed by atoms with van der Waals surface area (Å²) < 4.78 is 42.7. The minimum atomic E-state index is -3.63. The van der Waals surface area contributed by atoms with Gasteiger partial charge in [0.25, 0.3) is 0 Å². The third kappa shape index (κ3) is 7.71. The molecular weight excluding hydrogens is 605 g/mol. The number of sulfonamides is 1. The number of aryl methyl sites for hydroxylation is 1. The minimum Gasteiger partial charge on any atom is -0.351 e. The molecule has 5 rings (SSSR count). The van der Waals surface area contributed by atoms with Crippen LogP contribution in [0.4, 0.5) is 4.39 Å². The third-order valence-corrected chi connectivity index (χ3v) is 10.0. The third-order valence-electron chi connectivity index (χ3n) is 8.55. The Morgan fingerprint density at radius 2 is 1.91 bits per heavy atom. The van der Waals surface area contributed by atoms with Gasteiger partial charge in [-0.1, -0.05) is 32.0 Å². The molecule has 0 saturated carbocycles. The predicted molar refractivity (Wildman–Crippen MR) is 178 cm³/mol.